The van der Waals surface area contributed by atoms with Crippen LogP contribution in [0.1, 0.15) is 52.4 Å². The first-order chi connectivity index (χ1) is 7.81. The Morgan fingerprint density at radius 2 is 1.94 bits per heavy atom. The van der Waals surface area contributed by atoms with Gasteiger partial charge < -0.3 is 10.2 Å². The van der Waals surface area contributed by atoms with Crippen molar-refractivity contribution >= 4 is 0 Å². The Kier molecular flexibility index (Phi) is 4.66. The van der Waals surface area contributed by atoms with Crippen molar-refractivity contribution in [1.29, 1.82) is 0 Å². The molecule has 0 aromatic rings. The molecule has 1 saturated heterocycles. The van der Waals surface area contributed by atoms with Crippen LogP contribution in [-0.2, 0) is 0 Å². The second kappa shape index (κ2) is 6.02. The number of rotatable bonds is 4. The van der Waals surface area contributed by atoms with Crippen molar-refractivity contribution in [2.45, 2.75) is 64.5 Å². The summed E-state index contributed by atoms with van der Waals surface area (Å²) in [6, 6.07) is 1.70. The predicted octanol–water partition coefficient (Wildman–Crippen LogP) is 2.64. The molecular weight excluding hydrogens is 196 g/mol. The Labute approximate surface area is 101 Å². The van der Waals surface area contributed by atoms with E-state index in [4.69, 9.17) is 0 Å². The molecule has 1 saturated carbocycles. The highest BCUT2D eigenvalue weighted by molar-refractivity contribution is 4.87. The Morgan fingerprint density at radius 1 is 1.19 bits per heavy atom. The van der Waals surface area contributed by atoms with Crippen LogP contribution < -0.4 is 5.32 Å². The second-order valence-corrected chi connectivity index (χ2v) is 5.76. The number of hydrogen-bond donors (Lipinski definition) is 1. The van der Waals surface area contributed by atoms with Crippen LogP contribution in [0.4, 0.5) is 0 Å². The molecule has 1 N–H and O–H groups in total. The van der Waals surface area contributed by atoms with Crippen molar-refractivity contribution < 1.29 is 0 Å². The first-order valence-corrected chi connectivity index (χ1v) is 7.28. The molecule has 0 radical (unpaired) electrons. The number of hydrogen-bond acceptors (Lipinski definition) is 2. The molecule has 2 atom stereocenters. The highest BCUT2D eigenvalue weighted by Gasteiger charge is 2.30. The smallest absolute Gasteiger partial charge is 0.0117 e. The monoisotopic (exact) mass is 224 g/mol. The van der Waals surface area contributed by atoms with Gasteiger partial charge >= 0.3 is 0 Å². The average Bonchev–Trinajstić information content (AvgIpc) is 2.81. The summed E-state index contributed by atoms with van der Waals surface area (Å²) >= 11 is 0. The summed E-state index contributed by atoms with van der Waals surface area (Å²) in [4.78, 5) is 2.77. The van der Waals surface area contributed by atoms with E-state index in [1.807, 2.05) is 0 Å². The highest BCUT2D eigenvalue weighted by atomic mass is 15.2. The van der Waals surface area contributed by atoms with Gasteiger partial charge in [-0.25, -0.2) is 0 Å². The highest BCUT2D eigenvalue weighted by Crippen LogP contribution is 2.27. The van der Waals surface area contributed by atoms with Crippen molar-refractivity contribution in [3.63, 3.8) is 0 Å². The van der Waals surface area contributed by atoms with Crippen molar-refractivity contribution in [2.75, 3.05) is 19.6 Å². The molecule has 2 fully saturated rings. The molecular formula is C14H28N2. The molecule has 2 unspecified atom stereocenters. The predicted molar refractivity (Wildman–Crippen MR) is 69.7 cm³/mol. The van der Waals surface area contributed by atoms with Gasteiger partial charge in [0.05, 0.1) is 0 Å². The van der Waals surface area contributed by atoms with Gasteiger partial charge in [0.25, 0.3) is 0 Å². The summed E-state index contributed by atoms with van der Waals surface area (Å²) in [5.41, 5.74) is 0. The Balaban J connectivity index is 1.77. The normalized spacial score (nSPS) is 33.4. The van der Waals surface area contributed by atoms with Gasteiger partial charge in [0, 0.05) is 18.6 Å². The lowest BCUT2D eigenvalue weighted by Gasteiger charge is -2.40. The third-order valence-electron chi connectivity index (χ3n) is 4.43. The van der Waals surface area contributed by atoms with Crippen molar-refractivity contribution in [3.05, 3.63) is 0 Å². The largest absolute Gasteiger partial charge is 0.314 e. The van der Waals surface area contributed by atoms with E-state index in [9.17, 15) is 0 Å². The molecule has 1 aliphatic heterocycles. The summed E-state index contributed by atoms with van der Waals surface area (Å²) in [6.45, 7) is 8.53. The molecule has 1 heterocycles. The van der Waals surface area contributed by atoms with Gasteiger partial charge in [-0.2, -0.15) is 0 Å². The van der Waals surface area contributed by atoms with E-state index in [0.717, 1.165) is 18.0 Å². The van der Waals surface area contributed by atoms with E-state index >= 15 is 0 Å². The van der Waals surface area contributed by atoms with E-state index in [-0.39, 0.29) is 0 Å². The van der Waals surface area contributed by atoms with Gasteiger partial charge in [-0.15, -0.1) is 0 Å². The van der Waals surface area contributed by atoms with Crippen LogP contribution in [0.15, 0.2) is 0 Å². The van der Waals surface area contributed by atoms with Crippen LogP contribution in [0.5, 0.6) is 0 Å². The van der Waals surface area contributed by atoms with E-state index in [1.165, 1.54) is 58.2 Å². The average molecular weight is 224 g/mol. The van der Waals surface area contributed by atoms with E-state index in [1.54, 1.807) is 0 Å². The minimum absolute atomic E-state index is 0.776. The number of likely N-dealkylation sites (tertiary alicyclic amines) is 1. The molecule has 1 aliphatic carbocycles. The molecule has 0 aromatic heterocycles. The zero-order valence-corrected chi connectivity index (χ0v) is 11.0. The Hall–Kier alpha value is -0.0800. The first-order valence-electron chi connectivity index (χ1n) is 7.28. The second-order valence-electron chi connectivity index (χ2n) is 5.76. The van der Waals surface area contributed by atoms with Gasteiger partial charge in [0.15, 0.2) is 0 Å². The fraction of sp³-hybridized carbons (Fsp3) is 1.00. The maximum absolute atomic E-state index is 3.71. The summed E-state index contributed by atoms with van der Waals surface area (Å²) in [7, 11) is 0. The lowest BCUT2D eigenvalue weighted by atomic mass is 9.92. The summed E-state index contributed by atoms with van der Waals surface area (Å²) < 4.78 is 0. The van der Waals surface area contributed by atoms with Gasteiger partial charge in [-0.05, 0) is 44.7 Å². The molecule has 0 spiro atoms. The fourth-order valence-electron chi connectivity index (χ4n) is 3.41. The standard InChI is InChI=1S/C14H28N2/c1-3-9-15-14-8-10-16(11-12(14)2)13-6-4-5-7-13/h12-15H,3-11H2,1-2H3. The Morgan fingerprint density at radius 3 is 2.56 bits per heavy atom. The SMILES string of the molecule is CCCNC1CCN(C2CCCC2)CC1C. The zero-order valence-electron chi connectivity index (χ0n) is 11.0. The molecule has 2 aliphatic rings. The van der Waals surface area contributed by atoms with E-state index in [2.05, 4.69) is 24.1 Å². The van der Waals surface area contributed by atoms with Crippen molar-refractivity contribution in [3.8, 4) is 0 Å². The molecule has 16 heavy (non-hydrogen) atoms. The van der Waals surface area contributed by atoms with Crippen LogP contribution in [0.25, 0.3) is 0 Å². The summed E-state index contributed by atoms with van der Waals surface area (Å²) in [6.07, 6.45) is 8.47. The van der Waals surface area contributed by atoms with Crippen LogP contribution in [0.3, 0.4) is 0 Å². The van der Waals surface area contributed by atoms with E-state index in [0.29, 0.717) is 0 Å². The molecule has 0 amide bonds. The number of piperidine rings is 1. The summed E-state index contributed by atoms with van der Waals surface area (Å²) in [5, 5.41) is 3.71. The zero-order chi connectivity index (χ0) is 11.4. The van der Waals surface area contributed by atoms with Gasteiger partial charge in [0.1, 0.15) is 0 Å². The maximum atomic E-state index is 3.71. The number of nitrogens with one attached hydrogen (secondary N) is 1. The van der Waals surface area contributed by atoms with Gasteiger partial charge in [-0.1, -0.05) is 26.7 Å². The molecule has 0 bridgehead atoms. The first kappa shape index (κ1) is 12.4. The van der Waals surface area contributed by atoms with E-state index < -0.39 is 0 Å². The minimum Gasteiger partial charge on any atom is -0.314 e. The van der Waals surface area contributed by atoms with Crippen LogP contribution >= 0.6 is 0 Å². The number of nitrogens with zero attached hydrogens (tertiary/aromatic N) is 1. The van der Waals surface area contributed by atoms with Crippen LogP contribution in [-0.4, -0.2) is 36.6 Å². The van der Waals surface area contributed by atoms with Crippen molar-refractivity contribution in [1.82, 2.24) is 10.2 Å². The quantitative estimate of drug-likeness (QED) is 0.790. The van der Waals surface area contributed by atoms with Crippen LogP contribution in [0, 0.1) is 5.92 Å². The molecule has 2 rings (SSSR count). The fourth-order valence-corrected chi connectivity index (χ4v) is 3.41. The lowest BCUT2D eigenvalue weighted by molar-refractivity contribution is 0.106. The third-order valence-corrected chi connectivity index (χ3v) is 4.43. The Bertz CT molecular complexity index is 199. The molecule has 2 heteroatoms. The van der Waals surface area contributed by atoms with Crippen molar-refractivity contribution in [2.24, 2.45) is 5.92 Å². The summed E-state index contributed by atoms with van der Waals surface area (Å²) in [5.74, 6) is 0.834. The molecule has 2 nitrogen and oxygen atoms in total. The maximum Gasteiger partial charge on any atom is 0.0117 e. The van der Waals surface area contributed by atoms with Crippen LogP contribution in [0.2, 0.25) is 0 Å². The van der Waals surface area contributed by atoms with Gasteiger partial charge in [0.2, 0.25) is 0 Å². The third kappa shape index (κ3) is 2.98. The molecule has 94 valence electrons. The topological polar surface area (TPSA) is 15.3 Å². The molecule has 0 aromatic carbocycles. The lowest BCUT2D eigenvalue weighted by Crippen LogP contribution is -2.51. The van der Waals surface area contributed by atoms with Gasteiger partial charge in [-0.3, -0.25) is 0 Å². The minimum atomic E-state index is 0.776.